The van der Waals surface area contributed by atoms with Crippen LogP contribution in [-0.2, 0) is 20.9 Å². The molecule has 1 aliphatic rings. The van der Waals surface area contributed by atoms with Crippen LogP contribution in [0.15, 0.2) is 30.3 Å². The van der Waals surface area contributed by atoms with Gasteiger partial charge in [-0.15, -0.1) is 0 Å². The summed E-state index contributed by atoms with van der Waals surface area (Å²) in [6.07, 6.45) is 0.979. The third-order valence-corrected chi connectivity index (χ3v) is 3.93. The van der Waals surface area contributed by atoms with Gasteiger partial charge in [0.1, 0.15) is 11.6 Å². The van der Waals surface area contributed by atoms with Crippen molar-refractivity contribution in [1.82, 2.24) is 5.32 Å². The van der Waals surface area contributed by atoms with Crippen LogP contribution in [0, 0.1) is 5.92 Å². The Morgan fingerprint density at radius 1 is 1.38 bits per heavy atom. The molecule has 2 unspecified atom stereocenters. The Hall–Kier alpha value is -1.88. The van der Waals surface area contributed by atoms with Gasteiger partial charge in [0.05, 0.1) is 6.61 Å². The molecule has 0 aliphatic heterocycles. The van der Waals surface area contributed by atoms with E-state index in [1.54, 1.807) is 13.8 Å². The van der Waals surface area contributed by atoms with Crippen LogP contribution in [0.1, 0.15) is 32.3 Å². The summed E-state index contributed by atoms with van der Waals surface area (Å²) in [4.78, 5) is 23.5. The lowest BCUT2D eigenvalue weighted by Gasteiger charge is -2.27. The van der Waals surface area contributed by atoms with Crippen LogP contribution < -0.4 is 5.32 Å². The molecule has 5 nitrogen and oxygen atoms in total. The van der Waals surface area contributed by atoms with Gasteiger partial charge in [-0.25, -0.2) is 4.79 Å². The zero-order chi connectivity index (χ0) is 15.5. The van der Waals surface area contributed by atoms with Crippen molar-refractivity contribution >= 4 is 11.9 Å². The second-order valence-electron chi connectivity index (χ2n) is 5.71. The van der Waals surface area contributed by atoms with Crippen molar-refractivity contribution in [3.63, 3.8) is 0 Å². The molecule has 0 heterocycles. The number of carboxylic acid groups (broad SMARTS) is 1. The summed E-state index contributed by atoms with van der Waals surface area (Å²) in [6, 6.07) is 9.54. The molecule has 1 aromatic rings. The summed E-state index contributed by atoms with van der Waals surface area (Å²) in [6.45, 7) is 3.52. The zero-order valence-electron chi connectivity index (χ0n) is 12.3. The van der Waals surface area contributed by atoms with E-state index in [9.17, 15) is 14.7 Å². The summed E-state index contributed by atoms with van der Waals surface area (Å²) in [5.41, 5.74) is -0.220. The number of hydrogen-bond acceptors (Lipinski definition) is 3. The van der Waals surface area contributed by atoms with E-state index < -0.39 is 17.6 Å². The van der Waals surface area contributed by atoms with Crippen LogP contribution in [0.2, 0.25) is 0 Å². The predicted octanol–water partition coefficient (Wildman–Crippen LogP) is 1.96. The number of hydrogen-bond donors (Lipinski definition) is 2. The van der Waals surface area contributed by atoms with Crippen LogP contribution in [0.25, 0.3) is 0 Å². The second-order valence-corrected chi connectivity index (χ2v) is 5.71. The van der Waals surface area contributed by atoms with Crippen LogP contribution >= 0.6 is 0 Å². The van der Waals surface area contributed by atoms with Crippen molar-refractivity contribution in [2.24, 2.45) is 5.92 Å². The Bertz CT molecular complexity index is 512. The number of carboxylic acids is 1. The number of carbonyl (C=O) groups is 2. The molecular weight excluding hydrogens is 270 g/mol. The lowest BCUT2D eigenvalue weighted by molar-refractivity contribution is -0.150. The summed E-state index contributed by atoms with van der Waals surface area (Å²) in [5.74, 6) is -1.36. The minimum Gasteiger partial charge on any atom is -0.480 e. The summed E-state index contributed by atoms with van der Waals surface area (Å²) >= 11 is 0. The van der Waals surface area contributed by atoms with E-state index in [1.165, 1.54) is 0 Å². The fourth-order valence-electron chi connectivity index (χ4n) is 2.22. The Morgan fingerprint density at radius 3 is 2.52 bits per heavy atom. The molecule has 0 radical (unpaired) electrons. The highest BCUT2D eigenvalue weighted by Gasteiger charge is 2.49. The standard InChI is InChI=1S/C16H21NO4/c1-11(21-10-12-6-4-3-5-7-12)14(18)17-16(2,15(19)20)13-8-9-13/h3-7,11,13H,8-10H2,1-2H3,(H,17,18)(H,19,20). The second kappa shape index (κ2) is 6.26. The third kappa shape index (κ3) is 3.82. The Kier molecular flexibility index (Phi) is 4.63. The van der Waals surface area contributed by atoms with E-state index in [2.05, 4.69) is 5.32 Å². The zero-order valence-corrected chi connectivity index (χ0v) is 12.3. The molecule has 2 atom stereocenters. The van der Waals surface area contributed by atoms with Gasteiger partial charge in [-0.05, 0) is 38.2 Å². The number of amides is 1. The van der Waals surface area contributed by atoms with Gasteiger partial charge in [0, 0.05) is 0 Å². The van der Waals surface area contributed by atoms with Crippen molar-refractivity contribution < 1.29 is 19.4 Å². The van der Waals surface area contributed by atoms with Gasteiger partial charge in [-0.2, -0.15) is 0 Å². The summed E-state index contributed by atoms with van der Waals surface area (Å²) in [5, 5.41) is 12.0. The molecule has 1 amide bonds. The molecule has 0 saturated heterocycles. The van der Waals surface area contributed by atoms with Crippen molar-refractivity contribution in [2.45, 2.75) is 44.9 Å². The fraction of sp³-hybridized carbons (Fsp3) is 0.500. The van der Waals surface area contributed by atoms with E-state index in [0.717, 1.165) is 18.4 Å². The number of aliphatic carboxylic acids is 1. The van der Waals surface area contributed by atoms with Crippen LogP contribution in [-0.4, -0.2) is 28.6 Å². The number of benzene rings is 1. The quantitative estimate of drug-likeness (QED) is 0.805. The van der Waals surface area contributed by atoms with Gasteiger partial charge in [-0.1, -0.05) is 30.3 Å². The maximum atomic E-state index is 12.1. The first-order valence-electron chi connectivity index (χ1n) is 7.14. The van der Waals surface area contributed by atoms with E-state index in [0.29, 0.717) is 6.61 Å². The van der Waals surface area contributed by atoms with Gasteiger partial charge in [0.25, 0.3) is 0 Å². The maximum Gasteiger partial charge on any atom is 0.329 e. The molecule has 2 N–H and O–H groups in total. The van der Waals surface area contributed by atoms with Gasteiger partial charge in [0.15, 0.2) is 0 Å². The Balaban J connectivity index is 1.88. The highest BCUT2D eigenvalue weighted by Crippen LogP contribution is 2.39. The first kappa shape index (κ1) is 15.5. The lowest BCUT2D eigenvalue weighted by atomic mass is 9.95. The molecule has 0 spiro atoms. The SMILES string of the molecule is CC(OCc1ccccc1)C(=O)NC(C)(C(=O)O)C1CC1. The molecule has 21 heavy (non-hydrogen) atoms. The fourth-order valence-corrected chi connectivity index (χ4v) is 2.22. The minimum absolute atomic E-state index is 0.0141. The average Bonchev–Trinajstić information content (AvgIpc) is 3.30. The average molecular weight is 291 g/mol. The topological polar surface area (TPSA) is 75.6 Å². The molecular formula is C16H21NO4. The molecule has 114 valence electrons. The van der Waals surface area contributed by atoms with Crippen molar-refractivity contribution in [1.29, 1.82) is 0 Å². The predicted molar refractivity (Wildman–Crippen MR) is 77.6 cm³/mol. The van der Waals surface area contributed by atoms with Crippen molar-refractivity contribution in [2.75, 3.05) is 0 Å². The van der Waals surface area contributed by atoms with E-state index in [1.807, 2.05) is 30.3 Å². The molecule has 0 aromatic heterocycles. The smallest absolute Gasteiger partial charge is 0.329 e. The van der Waals surface area contributed by atoms with E-state index >= 15 is 0 Å². The minimum atomic E-state index is -1.19. The summed E-state index contributed by atoms with van der Waals surface area (Å²) in [7, 11) is 0. The number of rotatable bonds is 7. The lowest BCUT2D eigenvalue weighted by Crippen LogP contribution is -2.56. The van der Waals surface area contributed by atoms with Gasteiger partial charge < -0.3 is 15.2 Å². The third-order valence-electron chi connectivity index (χ3n) is 3.93. The largest absolute Gasteiger partial charge is 0.480 e. The van der Waals surface area contributed by atoms with Crippen molar-refractivity contribution in [3.8, 4) is 0 Å². The molecule has 0 bridgehead atoms. The number of ether oxygens (including phenoxy) is 1. The first-order chi connectivity index (χ1) is 9.93. The van der Waals surface area contributed by atoms with E-state index in [-0.39, 0.29) is 11.8 Å². The molecule has 1 aromatic carbocycles. The maximum absolute atomic E-state index is 12.1. The molecule has 5 heteroatoms. The van der Waals surface area contributed by atoms with Crippen molar-refractivity contribution in [3.05, 3.63) is 35.9 Å². The summed E-state index contributed by atoms with van der Waals surface area (Å²) < 4.78 is 5.51. The Labute approximate surface area is 124 Å². The highest BCUT2D eigenvalue weighted by atomic mass is 16.5. The molecule has 1 saturated carbocycles. The van der Waals surface area contributed by atoms with E-state index in [4.69, 9.17) is 4.74 Å². The van der Waals surface area contributed by atoms with Gasteiger partial charge >= 0.3 is 5.97 Å². The molecule has 2 rings (SSSR count). The highest BCUT2D eigenvalue weighted by molar-refractivity contribution is 5.89. The van der Waals surface area contributed by atoms with Crippen LogP contribution in [0.4, 0.5) is 0 Å². The molecule has 1 fully saturated rings. The van der Waals surface area contributed by atoms with Crippen LogP contribution in [0.5, 0.6) is 0 Å². The van der Waals surface area contributed by atoms with Gasteiger partial charge in [-0.3, -0.25) is 4.79 Å². The Morgan fingerprint density at radius 2 is 2.00 bits per heavy atom. The first-order valence-corrected chi connectivity index (χ1v) is 7.14. The normalized spacial score (nSPS) is 18.6. The number of nitrogens with one attached hydrogen (secondary N) is 1. The number of carbonyl (C=O) groups excluding carboxylic acids is 1. The van der Waals surface area contributed by atoms with Gasteiger partial charge in [0.2, 0.25) is 5.91 Å². The van der Waals surface area contributed by atoms with Crippen LogP contribution in [0.3, 0.4) is 0 Å². The monoisotopic (exact) mass is 291 g/mol. The molecule has 1 aliphatic carbocycles.